The lowest BCUT2D eigenvalue weighted by Crippen LogP contribution is -2.50. The number of nitrogens with one attached hydrogen (secondary N) is 1. The van der Waals surface area contributed by atoms with E-state index in [9.17, 15) is 9.59 Å². The van der Waals surface area contributed by atoms with Crippen LogP contribution >= 0.6 is 12.4 Å². The molecule has 0 aliphatic carbocycles. The number of carbonyl (C=O) groups is 2. The Morgan fingerprint density at radius 2 is 2.11 bits per heavy atom. The van der Waals surface area contributed by atoms with Gasteiger partial charge in [-0.15, -0.1) is 12.4 Å². The molecule has 1 fully saturated rings. The monoisotopic (exact) mass is 292 g/mol. The van der Waals surface area contributed by atoms with Gasteiger partial charge >= 0.3 is 6.03 Å². The summed E-state index contributed by atoms with van der Waals surface area (Å²) in [7, 11) is 0. The van der Waals surface area contributed by atoms with E-state index in [1.54, 1.807) is 0 Å². The molecule has 1 rings (SSSR count). The molecule has 0 aromatic rings. The minimum atomic E-state index is -0.538. The molecule has 1 aliphatic heterocycles. The number of hydrogen-bond donors (Lipinski definition) is 3. The smallest absolute Gasteiger partial charge is 0.312 e. The average molecular weight is 293 g/mol. The number of primary amides is 1. The Balaban J connectivity index is 0.00000324. The molecule has 0 bridgehead atoms. The van der Waals surface area contributed by atoms with E-state index in [2.05, 4.69) is 5.32 Å². The first-order valence-corrected chi connectivity index (χ1v) is 6.59. The first kappa shape index (κ1) is 18.0. The highest BCUT2D eigenvalue weighted by atomic mass is 35.5. The van der Waals surface area contributed by atoms with Crippen molar-refractivity contribution in [3.63, 3.8) is 0 Å². The maximum absolute atomic E-state index is 12.1. The molecule has 5 N–H and O–H groups in total. The summed E-state index contributed by atoms with van der Waals surface area (Å²) < 4.78 is 0. The molecule has 1 saturated heterocycles. The number of nitrogens with zero attached hydrogens (tertiary/aromatic N) is 1. The average Bonchev–Trinajstić information content (AvgIpc) is 2.33. The maximum Gasteiger partial charge on any atom is 0.312 e. The van der Waals surface area contributed by atoms with Crippen molar-refractivity contribution in [1.29, 1.82) is 0 Å². The molecular weight excluding hydrogens is 268 g/mol. The fourth-order valence-electron chi connectivity index (χ4n) is 2.25. The van der Waals surface area contributed by atoms with Crippen LogP contribution in [0.15, 0.2) is 0 Å². The van der Waals surface area contributed by atoms with Gasteiger partial charge in [0.2, 0.25) is 5.91 Å². The summed E-state index contributed by atoms with van der Waals surface area (Å²) in [6.45, 7) is 3.11. The molecule has 0 aromatic carbocycles. The van der Waals surface area contributed by atoms with Crippen LogP contribution in [0.3, 0.4) is 0 Å². The van der Waals surface area contributed by atoms with E-state index in [0.29, 0.717) is 19.4 Å². The molecule has 0 radical (unpaired) electrons. The van der Waals surface area contributed by atoms with Crippen molar-refractivity contribution < 1.29 is 9.59 Å². The highest BCUT2D eigenvalue weighted by molar-refractivity contribution is 5.85. The lowest BCUT2D eigenvalue weighted by molar-refractivity contribution is -0.134. The van der Waals surface area contributed by atoms with Crippen LogP contribution in [0.5, 0.6) is 0 Å². The Bertz CT molecular complexity index is 299. The van der Waals surface area contributed by atoms with Gasteiger partial charge in [-0.2, -0.15) is 0 Å². The SMILES string of the molecule is CC(N)CCC(=O)N1CCCCC1CNC(N)=O.Cl. The maximum atomic E-state index is 12.1. The van der Waals surface area contributed by atoms with E-state index in [-0.39, 0.29) is 30.4 Å². The Hall–Kier alpha value is -1.01. The van der Waals surface area contributed by atoms with Gasteiger partial charge in [-0.05, 0) is 32.6 Å². The van der Waals surface area contributed by atoms with Gasteiger partial charge in [0.05, 0.1) is 0 Å². The first-order valence-electron chi connectivity index (χ1n) is 6.59. The minimum Gasteiger partial charge on any atom is -0.352 e. The predicted molar refractivity (Wildman–Crippen MR) is 77.1 cm³/mol. The van der Waals surface area contributed by atoms with Crippen molar-refractivity contribution in [2.75, 3.05) is 13.1 Å². The molecule has 6 nitrogen and oxygen atoms in total. The summed E-state index contributed by atoms with van der Waals surface area (Å²) in [5.74, 6) is 0.128. The molecule has 2 unspecified atom stereocenters. The van der Waals surface area contributed by atoms with E-state index >= 15 is 0 Å². The Morgan fingerprint density at radius 1 is 1.42 bits per heavy atom. The zero-order chi connectivity index (χ0) is 13.5. The van der Waals surface area contributed by atoms with Gasteiger partial charge in [0.1, 0.15) is 0 Å². The van der Waals surface area contributed by atoms with Gasteiger partial charge in [0.25, 0.3) is 0 Å². The van der Waals surface area contributed by atoms with Crippen LogP contribution in [0, 0.1) is 0 Å². The van der Waals surface area contributed by atoms with Crippen molar-refractivity contribution in [3.05, 3.63) is 0 Å². The lowest BCUT2D eigenvalue weighted by Gasteiger charge is -2.36. The Kier molecular flexibility index (Phi) is 8.51. The number of carbonyl (C=O) groups excluding carboxylic acids is 2. The molecule has 2 atom stereocenters. The summed E-state index contributed by atoms with van der Waals surface area (Å²) >= 11 is 0. The number of likely N-dealkylation sites (tertiary alicyclic amines) is 1. The second-order valence-corrected chi connectivity index (χ2v) is 5.00. The number of piperidine rings is 1. The number of amides is 3. The number of urea groups is 1. The zero-order valence-corrected chi connectivity index (χ0v) is 12.2. The third-order valence-corrected chi connectivity index (χ3v) is 3.27. The summed E-state index contributed by atoms with van der Waals surface area (Å²) in [4.78, 5) is 24.7. The molecule has 0 aromatic heterocycles. The van der Waals surface area contributed by atoms with Crippen LogP contribution in [-0.2, 0) is 4.79 Å². The third-order valence-electron chi connectivity index (χ3n) is 3.27. The predicted octanol–water partition coefficient (Wildman–Crippen LogP) is 0.585. The summed E-state index contributed by atoms with van der Waals surface area (Å²) in [5.41, 5.74) is 10.7. The van der Waals surface area contributed by atoms with Crippen LogP contribution in [0.2, 0.25) is 0 Å². The lowest BCUT2D eigenvalue weighted by atomic mass is 10.0. The topological polar surface area (TPSA) is 101 Å². The molecule has 1 aliphatic rings. The summed E-state index contributed by atoms with van der Waals surface area (Å²) in [6.07, 6.45) is 4.21. The van der Waals surface area contributed by atoms with Crippen LogP contribution in [0.25, 0.3) is 0 Å². The first-order chi connectivity index (χ1) is 8.50. The molecule has 112 valence electrons. The molecule has 19 heavy (non-hydrogen) atoms. The van der Waals surface area contributed by atoms with E-state index in [1.807, 2.05) is 11.8 Å². The van der Waals surface area contributed by atoms with E-state index in [1.165, 1.54) is 0 Å². The second-order valence-electron chi connectivity index (χ2n) is 5.00. The van der Waals surface area contributed by atoms with Crippen molar-refractivity contribution in [2.45, 2.75) is 51.1 Å². The third kappa shape index (κ3) is 6.63. The largest absolute Gasteiger partial charge is 0.352 e. The van der Waals surface area contributed by atoms with E-state index in [0.717, 1.165) is 25.8 Å². The molecule has 0 spiro atoms. The molecule has 3 amide bonds. The number of hydrogen-bond acceptors (Lipinski definition) is 3. The normalized spacial score (nSPS) is 20.3. The van der Waals surface area contributed by atoms with Gasteiger partial charge in [-0.25, -0.2) is 4.79 Å². The highest BCUT2D eigenvalue weighted by Crippen LogP contribution is 2.18. The van der Waals surface area contributed by atoms with Gasteiger partial charge < -0.3 is 21.7 Å². The van der Waals surface area contributed by atoms with Crippen LogP contribution in [0.1, 0.15) is 39.0 Å². The highest BCUT2D eigenvalue weighted by Gasteiger charge is 2.26. The van der Waals surface area contributed by atoms with Gasteiger partial charge in [-0.3, -0.25) is 4.79 Å². The Labute approximate surface area is 120 Å². The summed E-state index contributed by atoms with van der Waals surface area (Å²) in [5, 5.41) is 2.59. The van der Waals surface area contributed by atoms with Gasteiger partial charge in [0, 0.05) is 31.6 Å². The van der Waals surface area contributed by atoms with E-state index < -0.39 is 6.03 Å². The fourth-order valence-corrected chi connectivity index (χ4v) is 2.25. The molecular formula is C12H25ClN4O2. The van der Waals surface area contributed by atoms with E-state index in [4.69, 9.17) is 11.5 Å². The minimum absolute atomic E-state index is 0. The van der Waals surface area contributed by atoms with Crippen molar-refractivity contribution in [1.82, 2.24) is 10.2 Å². The number of rotatable bonds is 5. The van der Waals surface area contributed by atoms with Crippen molar-refractivity contribution in [3.8, 4) is 0 Å². The number of nitrogens with two attached hydrogens (primary N) is 2. The standard InChI is InChI=1S/C12H24N4O2.ClH/c1-9(13)5-6-11(17)16-7-3-2-4-10(16)8-15-12(14)18;/h9-10H,2-8,13H2,1H3,(H3,14,15,18);1H. The fraction of sp³-hybridized carbons (Fsp3) is 0.833. The van der Waals surface area contributed by atoms with Crippen LogP contribution in [0.4, 0.5) is 4.79 Å². The number of halogens is 1. The van der Waals surface area contributed by atoms with Gasteiger partial charge in [0.15, 0.2) is 0 Å². The molecule has 7 heteroatoms. The van der Waals surface area contributed by atoms with Crippen LogP contribution in [-0.4, -0.2) is 42.0 Å². The molecule has 0 saturated carbocycles. The van der Waals surface area contributed by atoms with Gasteiger partial charge in [-0.1, -0.05) is 0 Å². The van der Waals surface area contributed by atoms with Crippen molar-refractivity contribution >= 4 is 24.3 Å². The van der Waals surface area contributed by atoms with Crippen molar-refractivity contribution in [2.24, 2.45) is 11.5 Å². The summed E-state index contributed by atoms with van der Waals surface area (Å²) in [6, 6.07) is -0.420. The molecule has 1 heterocycles. The zero-order valence-electron chi connectivity index (χ0n) is 11.4. The quantitative estimate of drug-likeness (QED) is 0.691. The van der Waals surface area contributed by atoms with Crippen LogP contribution < -0.4 is 16.8 Å². The second kappa shape index (κ2) is 8.98. The Morgan fingerprint density at radius 3 is 2.68 bits per heavy atom.